The van der Waals surface area contributed by atoms with Gasteiger partial charge in [0.15, 0.2) is 0 Å². The summed E-state index contributed by atoms with van der Waals surface area (Å²) < 4.78 is 18.1. The molecule has 0 aromatic heterocycles. The van der Waals surface area contributed by atoms with Gasteiger partial charge in [-0.2, -0.15) is 0 Å². The zero-order valence-electron chi connectivity index (χ0n) is 10.8. The van der Waals surface area contributed by atoms with Crippen LogP contribution >= 0.6 is 11.6 Å². The SMILES string of the molecule is COC(=O)C(NCCCN=[N+]=[N-])c1ccc(Cl)c(F)c1. The summed E-state index contributed by atoms with van der Waals surface area (Å²) >= 11 is 5.60. The molecule has 0 aliphatic heterocycles. The standard InChI is InChI=1S/C12H14ClFN4O2/c1-20-12(19)11(16-5-2-6-17-18-15)8-3-4-9(13)10(14)7-8/h3-4,7,11,16H,2,5-6H2,1H3. The molecule has 6 nitrogen and oxygen atoms in total. The van der Waals surface area contributed by atoms with E-state index in [2.05, 4.69) is 20.1 Å². The van der Waals surface area contributed by atoms with E-state index in [1.54, 1.807) is 6.07 Å². The van der Waals surface area contributed by atoms with Crippen molar-refractivity contribution in [2.45, 2.75) is 12.5 Å². The first-order chi connectivity index (χ1) is 9.60. The number of hydrogen-bond acceptors (Lipinski definition) is 4. The summed E-state index contributed by atoms with van der Waals surface area (Å²) in [7, 11) is 1.25. The molecule has 1 rings (SSSR count). The van der Waals surface area contributed by atoms with Gasteiger partial charge >= 0.3 is 5.97 Å². The molecular weight excluding hydrogens is 287 g/mol. The first kappa shape index (κ1) is 16.2. The number of hydrogen-bond donors (Lipinski definition) is 1. The number of carbonyl (C=O) groups is 1. The summed E-state index contributed by atoms with van der Waals surface area (Å²) in [5.74, 6) is -1.13. The molecule has 1 N–H and O–H groups in total. The van der Waals surface area contributed by atoms with E-state index in [9.17, 15) is 9.18 Å². The number of nitrogens with one attached hydrogen (secondary N) is 1. The lowest BCUT2D eigenvalue weighted by molar-refractivity contribution is -0.143. The lowest BCUT2D eigenvalue weighted by Crippen LogP contribution is -2.30. The highest BCUT2D eigenvalue weighted by Gasteiger charge is 2.21. The van der Waals surface area contributed by atoms with Gasteiger partial charge in [-0.05, 0) is 36.2 Å². The van der Waals surface area contributed by atoms with Gasteiger partial charge in [0.25, 0.3) is 0 Å². The number of benzene rings is 1. The van der Waals surface area contributed by atoms with Crippen LogP contribution in [-0.2, 0) is 9.53 Å². The molecule has 0 saturated carbocycles. The molecule has 1 unspecified atom stereocenters. The summed E-state index contributed by atoms with van der Waals surface area (Å²) in [5.41, 5.74) is 8.56. The first-order valence-electron chi connectivity index (χ1n) is 5.87. The fraction of sp³-hybridized carbons (Fsp3) is 0.417. The predicted octanol–water partition coefficient (Wildman–Crippen LogP) is 2.98. The van der Waals surface area contributed by atoms with Crippen molar-refractivity contribution in [1.82, 2.24) is 5.32 Å². The van der Waals surface area contributed by atoms with Crippen LogP contribution in [0.1, 0.15) is 18.0 Å². The minimum Gasteiger partial charge on any atom is -0.468 e. The average molecular weight is 301 g/mol. The minimum absolute atomic E-state index is 0.0132. The van der Waals surface area contributed by atoms with E-state index in [0.717, 1.165) is 0 Å². The van der Waals surface area contributed by atoms with Crippen molar-refractivity contribution in [3.8, 4) is 0 Å². The fourth-order valence-corrected chi connectivity index (χ4v) is 1.71. The second-order valence-corrected chi connectivity index (χ2v) is 4.30. The molecule has 0 bridgehead atoms. The normalized spacial score (nSPS) is 11.6. The van der Waals surface area contributed by atoms with Gasteiger partial charge in [0, 0.05) is 11.5 Å². The minimum atomic E-state index is -0.794. The van der Waals surface area contributed by atoms with Crippen molar-refractivity contribution in [1.29, 1.82) is 0 Å². The van der Waals surface area contributed by atoms with Gasteiger partial charge < -0.3 is 10.1 Å². The highest BCUT2D eigenvalue weighted by atomic mass is 35.5. The third kappa shape index (κ3) is 4.70. The fourth-order valence-electron chi connectivity index (χ4n) is 1.59. The van der Waals surface area contributed by atoms with E-state index in [4.69, 9.17) is 17.1 Å². The number of methoxy groups -OCH3 is 1. The molecule has 0 aliphatic rings. The van der Waals surface area contributed by atoms with E-state index >= 15 is 0 Å². The average Bonchev–Trinajstić information content (AvgIpc) is 2.45. The van der Waals surface area contributed by atoms with Crippen LogP contribution in [0.5, 0.6) is 0 Å². The molecule has 108 valence electrons. The molecule has 8 heteroatoms. The van der Waals surface area contributed by atoms with Crippen molar-refractivity contribution in [2.75, 3.05) is 20.2 Å². The van der Waals surface area contributed by atoms with Crippen LogP contribution in [0.15, 0.2) is 23.3 Å². The van der Waals surface area contributed by atoms with Gasteiger partial charge in [0.2, 0.25) is 0 Å². The van der Waals surface area contributed by atoms with Gasteiger partial charge in [0.1, 0.15) is 11.9 Å². The Labute approximate surface area is 120 Å². The Balaban J connectivity index is 2.75. The number of rotatable bonds is 7. The number of carbonyl (C=O) groups excluding carboxylic acids is 1. The molecule has 0 fully saturated rings. The highest BCUT2D eigenvalue weighted by Crippen LogP contribution is 2.21. The van der Waals surface area contributed by atoms with E-state index in [1.165, 1.54) is 19.2 Å². The first-order valence-corrected chi connectivity index (χ1v) is 6.25. The molecule has 0 heterocycles. The van der Waals surface area contributed by atoms with Crippen molar-refractivity contribution in [3.05, 3.63) is 45.0 Å². The van der Waals surface area contributed by atoms with Crippen LogP contribution in [0.3, 0.4) is 0 Å². The number of nitrogens with zero attached hydrogens (tertiary/aromatic N) is 3. The molecule has 1 atom stereocenters. The molecule has 0 aliphatic carbocycles. The van der Waals surface area contributed by atoms with E-state index in [0.29, 0.717) is 25.1 Å². The Bertz CT molecular complexity index is 520. The Morgan fingerprint density at radius 2 is 2.40 bits per heavy atom. The molecular formula is C12H14ClFN4O2. The maximum Gasteiger partial charge on any atom is 0.327 e. The lowest BCUT2D eigenvalue weighted by atomic mass is 10.1. The second kappa shape index (κ2) is 8.37. The summed E-state index contributed by atoms with van der Waals surface area (Å²) in [6, 6.07) is 3.32. The van der Waals surface area contributed by atoms with Crippen molar-refractivity contribution in [3.63, 3.8) is 0 Å². The van der Waals surface area contributed by atoms with E-state index in [-0.39, 0.29) is 5.02 Å². The largest absolute Gasteiger partial charge is 0.468 e. The van der Waals surface area contributed by atoms with Crippen LogP contribution in [-0.4, -0.2) is 26.2 Å². The Kier molecular flexibility index (Phi) is 6.79. The number of esters is 1. The molecule has 0 radical (unpaired) electrons. The van der Waals surface area contributed by atoms with Gasteiger partial charge in [-0.1, -0.05) is 22.8 Å². The van der Waals surface area contributed by atoms with Crippen LogP contribution in [0.2, 0.25) is 5.02 Å². The summed E-state index contributed by atoms with van der Waals surface area (Å²) in [5, 5.41) is 6.29. The second-order valence-electron chi connectivity index (χ2n) is 3.89. The van der Waals surface area contributed by atoms with Gasteiger partial charge in [-0.15, -0.1) is 0 Å². The maximum atomic E-state index is 13.4. The zero-order chi connectivity index (χ0) is 15.0. The third-order valence-electron chi connectivity index (χ3n) is 2.56. The Morgan fingerprint density at radius 1 is 1.65 bits per heavy atom. The summed E-state index contributed by atoms with van der Waals surface area (Å²) in [4.78, 5) is 14.3. The molecule has 0 spiro atoms. The topological polar surface area (TPSA) is 87.1 Å². The monoisotopic (exact) mass is 300 g/mol. The third-order valence-corrected chi connectivity index (χ3v) is 2.87. The van der Waals surface area contributed by atoms with Crippen molar-refractivity contribution < 1.29 is 13.9 Å². The number of halogens is 2. The van der Waals surface area contributed by atoms with Crippen molar-refractivity contribution in [2.24, 2.45) is 5.11 Å². The Morgan fingerprint density at radius 3 is 3.00 bits per heavy atom. The van der Waals surface area contributed by atoms with Crippen LogP contribution in [0, 0.1) is 5.82 Å². The summed E-state index contributed by atoms with van der Waals surface area (Å²) in [6.45, 7) is 0.732. The van der Waals surface area contributed by atoms with E-state index in [1.807, 2.05) is 0 Å². The number of ether oxygens (including phenoxy) is 1. The van der Waals surface area contributed by atoms with Gasteiger partial charge in [-0.25, -0.2) is 9.18 Å². The molecule has 1 aromatic carbocycles. The predicted molar refractivity (Wildman–Crippen MR) is 72.8 cm³/mol. The smallest absolute Gasteiger partial charge is 0.327 e. The van der Waals surface area contributed by atoms with Gasteiger partial charge in [-0.3, -0.25) is 0 Å². The highest BCUT2D eigenvalue weighted by molar-refractivity contribution is 6.30. The van der Waals surface area contributed by atoms with Crippen LogP contribution in [0.25, 0.3) is 10.4 Å². The molecule has 0 amide bonds. The summed E-state index contributed by atoms with van der Waals surface area (Å²) in [6.07, 6.45) is 0.549. The zero-order valence-corrected chi connectivity index (χ0v) is 11.6. The number of azide groups is 1. The van der Waals surface area contributed by atoms with Crippen LogP contribution < -0.4 is 5.32 Å². The van der Waals surface area contributed by atoms with Crippen molar-refractivity contribution >= 4 is 17.6 Å². The molecule has 0 saturated heterocycles. The molecule has 1 aromatic rings. The van der Waals surface area contributed by atoms with E-state index < -0.39 is 17.8 Å². The molecule has 20 heavy (non-hydrogen) atoms. The van der Waals surface area contributed by atoms with Crippen LogP contribution in [0.4, 0.5) is 4.39 Å². The van der Waals surface area contributed by atoms with Gasteiger partial charge in [0.05, 0.1) is 12.1 Å². The quantitative estimate of drug-likeness (QED) is 0.276. The lowest BCUT2D eigenvalue weighted by Gasteiger charge is -2.17. The maximum absolute atomic E-state index is 13.4. The Hall–Kier alpha value is -1.82.